The Balaban J connectivity index is 0.000000218. The van der Waals surface area contributed by atoms with Gasteiger partial charge in [-0.3, -0.25) is 28.3 Å². The Hall–Kier alpha value is -6.71. The Labute approximate surface area is 432 Å². The number of nitrogens with two attached hydrogens (primary N) is 2. The lowest BCUT2D eigenvalue weighted by Gasteiger charge is -2.38. The monoisotopic (exact) mass is 1030 g/mol. The Morgan fingerprint density at radius 3 is 1.42 bits per heavy atom. The van der Waals surface area contributed by atoms with Gasteiger partial charge in [-0.25, -0.2) is 29.9 Å². The van der Waals surface area contributed by atoms with E-state index in [2.05, 4.69) is 58.8 Å². The van der Waals surface area contributed by atoms with Crippen LogP contribution in [0.5, 0.6) is 0 Å². The number of carbonyl (C=O) groups excluding carboxylic acids is 2. The SMILES string of the molecule is C1CCOC1.CC(C)(C)[Si](C)(C)OCCCc1cn(-c2ccc(-c3ncccn3)cc2)c(=O)c(N2CC(C(N)=O)C2)n1.Cl.NC(=O)C1CN(c2nc(CCCO)cn(-c3ccc(-c4ncccn4)cc3)c2=O)C1. The van der Waals surface area contributed by atoms with Gasteiger partial charge in [0.15, 0.2) is 31.6 Å². The third kappa shape index (κ3) is 14.3. The maximum atomic E-state index is 13.5. The van der Waals surface area contributed by atoms with Crippen LogP contribution in [0, 0.1) is 11.8 Å². The van der Waals surface area contributed by atoms with E-state index in [0.29, 0.717) is 86.7 Å². The van der Waals surface area contributed by atoms with E-state index < -0.39 is 8.32 Å². The van der Waals surface area contributed by atoms with Crippen LogP contribution < -0.4 is 32.4 Å². The number of nitrogens with zero attached hydrogens (tertiary/aromatic N) is 10. The van der Waals surface area contributed by atoms with E-state index in [1.807, 2.05) is 53.4 Å². The molecule has 4 aromatic heterocycles. The minimum atomic E-state index is -1.83. The number of rotatable bonds is 16. The Morgan fingerprint density at radius 2 is 1.08 bits per heavy atom. The van der Waals surface area contributed by atoms with Gasteiger partial charge < -0.3 is 35.5 Å². The van der Waals surface area contributed by atoms with Crippen molar-refractivity contribution in [1.29, 1.82) is 0 Å². The maximum Gasteiger partial charge on any atom is 0.298 e. The number of ether oxygens (including phenoxy) is 1. The molecule has 3 saturated heterocycles. The number of halogens is 1. The lowest BCUT2D eigenvalue weighted by molar-refractivity contribution is -0.123. The highest BCUT2D eigenvalue weighted by Crippen LogP contribution is 2.36. The van der Waals surface area contributed by atoms with E-state index in [1.54, 1.807) is 63.3 Å². The third-order valence-corrected chi connectivity index (χ3v) is 17.8. The van der Waals surface area contributed by atoms with Crippen LogP contribution in [-0.4, -0.2) is 117 Å². The molecule has 7 heterocycles. The maximum absolute atomic E-state index is 13.5. The number of aliphatic hydroxyl groups is 1. The number of hydrogen-bond donors (Lipinski definition) is 3. The molecule has 3 aliphatic rings. The fourth-order valence-corrected chi connectivity index (χ4v) is 8.85. The van der Waals surface area contributed by atoms with Crippen LogP contribution in [0.25, 0.3) is 34.2 Å². The highest BCUT2D eigenvalue weighted by atomic mass is 35.5. The largest absolute Gasteiger partial charge is 0.417 e. The van der Waals surface area contributed by atoms with E-state index in [9.17, 15) is 19.2 Å². The zero-order valence-corrected chi connectivity index (χ0v) is 44.0. The summed E-state index contributed by atoms with van der Waals surface area (Å²) in [6.07, 6.45) is 15.3. The van der Waals surface area contributed by atoms with Crippen molar-refractivity contribution in [2.75, 3.05) is 62.4 Å². The molecule has 2 amide bonds. The number of carbonyl (C=O) groups is 2. The molecule has 5 N–H and O–H groups in total. The highest BCUT2D eigenvalue weighted by molar-refractivity contribution is 6.74. The molecule has 6 aromatic rings. The van der Waals surface area contributed by atoms with Crippen LogP contribution in [0.1, 0.15) is 57.8 Å². The molecule has 0 radical (unpaired) electrons. The normalized spacial score (nSPS) is 14.7. The van der Waals surface area contributed by atoms with Crippen LogP contribution in [0.15, 0.2) is 107 Å². The van der Waals surface area contributed by atoms with Crippen LogP contribution in [0.2, 0.25) is 18.1 Å². The molecule has 0 saturated carbocycles. The van der Waals surface area contributed by atoms with E-state index in [1.165, 1.54) is 12.8 Å². The van der Waals surface area contributed by atoms with Gasteiger partial charge in [0.2, 0.25) is 11.8 Å². The summed E-state index contributed by atoms with van der Waals surface area (Å²) in [6.45, 7) is 15.4. The fourth-order valence-electron chi connectivity index (χ4n) is 7.76. The summed E-state index contributed by atoms with van der Waals surface area (Å²) in [7, 11) is -1.83. The van der Waals surface area contributed by atoms with E-state index in [-0.39, 0.29) is 58.8 Å². The van der Waals surface area contributed by atoms with Crippen molar-refractivity contribution in [3.63, 3.8) is 0 Å². The summed E-state index contributed by atoms with van der Waals surface area (Å²) in [5.74, 6) is 0.600. The number of aromatic nitrogens is 8. The van der Waals surface area contributed by atoms with Crippen molar-refractivity contribution in [1.82, 2.24) is 39.0 Å². The summed E-state index contributed by atoms with van der Waals surface area (Å²) >= 11 is 0. The van der Waals surface area contributed by atoms with Crippen molar-refractivity contribution in [2.45, 2.75) is 77.4 Å². The summed E-state index contributed by atoms with van der Waals surface area (Å²) in [4.78, 5) is 79.3. The first-order valence-corrected chi connectivity index (χ1v) is 27.4. The van der Waals surface area contributed by atoms with Gasteiger partial charge in [-0.1, -0.05) is 20.8 Å². The summed E-state index contributed by atoms with van der Waals surface area (Å²) in [6, 6.07) is 18.5. The van der Waals surface area contributed by atoms with Gasteiger partial charge in [0.25, 0.3) is 11.1 Å². The van der Waals surface area contributed by atoms with Gasteiger partial charge in [-0.05, 0) is 117 Å². The van der Waals surface area contributed by atoms with Crippen LogP contribution >= 0.6 is 12.4 Å². The average molecular weight is 1040 g/mol. The van der Waals surface area contributed by atoms with Gasteiger partial charge in [0, 0.05) is 112 Å². The predicted molar refractivity (Wildman–Crippen MR) is 286 cm³/mol. The molecule has 0 aliphatic carbocycles. The molecule has 0 bridgehead atoms. The first-order valence-electron chi connectivity index (χ1n) is 24.4. The third-order valence-electron chi connectivity index (χ3n) is 13.2. The van der Waals surface area contributed by atoms with Gasteiger partial charge in [-0.2, -0.15) is 0 Å². The molecule has 0 unspecified atom stereocenters. The first-order chi connectivity index (χ1) is 34.5. The lowest BCUT2D eigenvalue weighted by atomic mass is 10.00. The molecule has 3 fully saturated rings. The van der Waals surface area contributed by atoms with Crippen molar-refractivity contribution < 1.29 is 23.9 Å². The number of aryl methyl sites for hydroxylation is 2. The first kappa shape index (κ1) is 55.6. The van der Waals surface area contributed by atoms with Crippen LogP contribution in [0.3, 0.4) is 0 Å². The molecule has 73 heavy (non-hydrogen) atoms. The molecule has 2 aromatic carbocycles. The standard InChI is InChI=1S/C27H36N6O3Si.C21H22N6O3.C4H8O.ClH/c1-27(2,3)37(4,5)36-15-6-8-21-18-33(26(35)25(31-21)32-16-20(17-32)23(28)34)22-11-9-19(10-12-22)24-29-13-7-14-30-24;22-18(29)15-11-26(12-15)20-21(30)27(13-16(25-20)3-1-10-28)17-6-4-14(5-7-17)19-23-8-2-9-24-19;1-2-4-5-3-1;/h7,9-14,18,20H,6,8,15-17H2,1-5H3,(H2,28,34);2,4-9,13,15,28H,1,3,10-12H2,(H2,22,29);1-4H2;1H. The van der Waals surface area contributed by atoms with Crippen molar-refractivity contribution in [2.24, 2.45) is 23.3 Å². The fraction of sp³-hybridized carbons (Fsp3) is 0.423. The smallest absolute Gasteiger partial charge is 0.298 e. The number of hydrogen-bond acceptors (Lipinski definition) is 15. The molecule has 0 atom stereocenters. The number of primary amides is 2. The van der Waals surface area contributed by atoms with Crippen molar-refractivity contribution in [3.8, 4) is 34.2 Å². The second kappa shape index (κ2) is 25.3. The van der Waals surface area contributed by atoms with Gasteiger partial charge in [-0.15, -0.1) is 12.4 Å². The van der Waals surface area contributed by atoms with Gasteiger partial charge in [0.1, 0.15) is 0 Å². The highest BCUT2D eigenvalue weighted by Gasteiger charge is 2.37. The average Bonchev–Trinajstić information content (AvgIpc) is 3.94. The molecule has 9 rings (SSSR count). The molecule has 388 valence electrons. The molecular weight excluding hydrogens is 968 g/mol. The predicted octanol–water partition coefficient (Wildman–Crippen LogP) is 5.32. The minimum Gasteiger partial charge on any atom is -0.417 e. The summed E-state index contributed by atoms with van der Waals surface area (Å²) < 4.78 is 14.4. The zero-order valence-electron chi connectivity index (χ0n) is 42.2. The second-order valence-corrected chi connectivity index (χ2v) is 24.4. The second-order valence-electron chi connectivity index (χ2n) is 19.6. The molecule has 19 nitrogen and oxygen atoms in total. The van der Waals surface area contributed by atoms with E-state index in [0.717, 1.165) is 42.1 Å². The molecule has 0 spiro atoms. The number of amides is 2. The molecule has 21 heteroatoms. The van der Waals surface area contributed by atoms with Crippen LogP contribution in [-0.2, 0) is 31.6 Å². The van der Waals surface area contributed by atoms with Crippen molar-refractivity contribution in [3.05, 3.63) is 130 Å². The minimum absolute atomic E-state index is 0. The van der Waals surface area contributed by atoms with Crippen LogP contribution in [0.4, 0.5) is 11.6 Å². The molecule has 3 aliphatic heterocycles. The zero-order chi connectivity index (χ0) is 51.4. The number of anilines is 2. The summed E-state index contributed by atoms with van der Waals surface area (Å²) in [5.41, 5.74) is 14.9. The quantitative estimate of drug-likeness (QED) is 0.0820. The topological polar surface area (TPSA) is 253 Å². The Kier molecular flexibility index (Phi) is 19.3. The van der Waals surface area contributed by atoms with Gasteiger partial charge >= 0.3 is 0 Å². The number of benzene rings is 2. The Morgan fingerprint density at radius 1 is 0.685 bits per heavy atom. The van der Waals surface area contributed by atoms with E-state index >= 15 is 0 Å². The van der Waals surface area contributed by atoms with Crippen molar-refractivity contribution >= 4 is 44.2 Å². The summed E-state index contributed by atoms with van der Waals surface area (Å²) in [5, 5.41) is 9.32. The number of aliphatic hydroxyl groups excluding tert-OH is 1. The lowest BCUT2D eigenvalue weighted by Crippen LogP contribution is -2.54. The Bertz CT molecular complexity index is 2860. The molecular formula is C52H67ClN12O7Si. The van der Waals surface area contributed by atoms with E-state index in [4.69, 9.17) is 30.7 Å². The van der Waals surface area contributed by atoms with Gasteiger partial charge in [0.05, 0.1) is 23.2 Å².